The van der Waals surface area contributed by atoms with Crippen LogP contribution in [0.25, 0.3) is 0 Å². The highest BCUT2D eigenvalue weighted by Gasteiger charge is 2.37. The molecule has 2 aliphatic heterocycles. The summed E-state index contributed by atoms with van der Waals surface area (Å²) in [6.45, 7) is 2.99. The van der Waals surface area contributed by atoms with E-state index in [4.69, 9.17) is 4.74 Å². The number of rotatable bonds is 4. The number of hydrogen-bond acceptors (Lipinski definition) is 4. The Morgan fingerprint density at radius 2 is 2.20 bits per heavy atom. The molecule has 0 radical (unpaired) electrons. The summed E-state index contributed by atoms with van der Waals surface area (Å²) in [5.74, 6) is -0.802. The molecule has 138 valence electrons. The lowest BCUT2D eigenvalue weighted by Crippen LogP contribution is -2.52. The van der Waals surface area contributed by atoms with E-state index in [9.17, 15) is 14.3 Å². The molecule has 1 amide bonds. The molecule has 2 N–H and O–H groups in total. The molecule has 6 heteroatoms. The summed E-state index contributed by atoms with van der Waals surface area (Å²) in [6, 6.07) is 6.62. The van der Waals surface area contributed by atoms with Crippen molar-refractivity contribution in [1.82, 2.24) is 10.2 Å². The number of piperidine rings is 1. The van der Waals surface area contributed by atoms with E-state index in [0.717, 1.165) is 24.9 Å². The van der Waals surface area contributed by atoms with Crippen LogP contribution in [0.4, 0.5) is 4.39 Å². The van der Waals surface area contributed by atoms with E-state index >= 15 is 0 Å². The number of hydrogen-bond donors (Lipinski definition) is 2. The molecule has 2 fully saturated rings. The summed E-state index contributed by atoms with van der Waals surface area (Å²) in [5, 5.41) is 13.2. The molecule has 5 nitrogen and oxygen atoms in total. The summed E-state index contributed by atoms with van der Waals surface area (Å²) in [4.78, 5) is 14.7. The first-order valence-electron chi connectivity index (χ1n) is 8.98. The van der Waals surface area contributed by atoms with Gasteiger partial charge in [-0.15, -0.1) is 0 Å². The van der Waals surface area contributed by atoms with Crippen LogP contribution in [0, 0.1) is 11.7 Å². The molecule has 0 saturated carbocycles. The molecule has 0 spiro atoms. The number of halogens is 1. The Hall–Kier alpha value is -1.50. The highest BCUT2D eigenvalue weighted by molar-refractivity contribution is 5.79. The maximum absolute atomic E-state index is 13.7. The molecule has 0 bridgehead atoms. The van der Waals surface area contributed by atoms with Crippen molar-refractivity contribution in [3.05, 3.63) is 35.6 Å². The third-order valence-electron chi connectivity index (χ3n) is 5.60. The number of nitrogens with zero attached hydrogens (tertiary/aromatic N) is 1. The fourth-order valence-electron chi connectivity index (χ4n) is 3.90. The van der Waals surface area contributed by atoms with E-state index < -0.39 is 12.0 Å². The monoisotopic (exact) mass is 350 g/mol. The standard InChI is InChI=1S/C19H27FN2O3/c1-22-8-5-17(23)16(12-22)18(24)21-13-19(6-9-25-10-7-19)14-3-2-4-15(20)11-14/h2-4,11,16-17,23H,5-10,12-13H2,1H3,(H,21,24)/t16-,17+/m1/s1. The van der Waals surface area contributed by atoms with Crippen LogP contribution >= 0.6 is 0 Å². The normalized spacial score (nSPS) is 27.0. The second kappa shape index (κ2) is 7.81. The fourth-order valence-corrected chi connectivity index (χ4v) is 3.90. The molecule has 25 heavy (non-hydrogen) atoms. The maximum Gasteiger partial charge on any atom is 0.227 e. The van der Waals surface area contributed by atoms with E-state index in [0.29, 0.717) is 32.7 Å². The van der Waals surface area contributed by atoms with Crippen molar-refractivity contribution in [3.63, 3.8) is 0 Å². The Balaban J connectivity index is 1.72. The minimum Gasteiger partial charge on any atom is -0.392 e. The zero-order valence-electron chi connectivity index (χ0n) is 14.7. The van der Waals surface area contributed by atoms with Gasteiger partial charge in [-0.1, -0.05) is 12.1 Å². The molecule has 2 aliphatic rings. The molecule has 0 unspecified atom stereocenters. The number of benzene rings is 1. The van der Waals surface area contributed by atoms with E-state index in [1.165, 1.54) is 6.07 Å². The van der Waals surface area contributed by atoms with Crippen molar-refractivity contribution in [2.75, 3.05) is 39.9 Å². The van der Waals surface area contributed by atoms with Crippen LogP contribution in [0.2, 0.25) is 0 Å². The van der Waals surface area contributed by atoms with E-state index in [2.05, 4.69) is 10.2 Å². The van der Waals surface area contributed by atoms with E-state index in [1.54, 1.807) is 12.1 Å². The molecule has 1 aromatic rings. The van der Waals surface area contributed by atoms with Crippen LogP contribution in [0.15, 0.2) is 24.3 Å². The molecular weight excluding hydrogens is 323 g/mol. The highest BCUT2D eigenvalue weighted by atomic mass is 19.1. The van der Waals surface area contributed by atoms with Gasteiger partial charge in [0.1, 0.15) is 5.82 Å². The number of carbonyl (C=O) groups excluding carboxylic acids is 1. The lowest BCUT2D eigenvalue weighted by Gasteiger charge is -2.39. The summed E-state index contributed by atoms with van der Waals surface area (Å²) in [7, 11) is 1.96. The maximum atomic E-state index is 13.7. The number of aliphatic hydroxyl groups excluding tert-OH is 1. The van der Waals surface area contributed by atoms with Gasteiger partial charge in [-0.25, -0.2) is 4.39 Å². The van der Waals surface area contributed by atoms with Crippen molar-refractivity contribution >= 4 is 5.91 Å². The van der Waals surface area contributed by atoms with Crippen molar-refractivity contribution in [2.24, 2.45) is 5.92 Å². The van der Waals surface area contributed by atoms with Gasteiger partial charge in [-0.3, -0.25) is 4.79 Å². The Labute approximate surface area is 148 Å². The SMILES string of the molecule is CN1CC[C@H](O)[C@H](C(=O)NCC2(c3cccc(F)c3)CCOCC2)C1. The van der Waals surface area contributed by atoms with Gasteiger partial charge in [-0.2, -0.15) is 0 Å². The van der Waals surface area contributed by atoms with Gasteiger partial charge in [0, 0.05) is 38.3 Å². The third kappa shape index (κ3) is 4.19. The minimum absolute atomic E-state index is 0.124. The second-order valence-corrected chi connectivity index (χ2v) is 7.35. The van der Waals surface area contributed by atoms with Gasteiger partial charge in [0.2, 0.25) is 5.91 Å². The van der Waals surface area contributed by atoms with Crippen molar-refractivity contribution in [3.8, 4) is 0 Å². The Bertz CT molecular complexity index is 604. The predicted molar refractivity (Wildman–Crippen MR) is 92.8 cm³/mol. The van der Waals surface area contributed by atoms with Gasteiger partial charge in [0.05, 0.1) is 12.0 Å². The number of ether oxygens (including phenoxy) is 1. The summed E-state index contributed by atoms with van der Waals surface area (Å²) in [5.41, 5.74) is 0.582. The highest BCUT2D eigenvalue weighted by Crippen LogP contribution is 2.34. The van der Waals surface area contributed by atoms with Crippen LogP contribution in [-0.4, -0.2) is 61.9 Å². The number of carbonyl (C=O) groups is 1. The summed E-state index contributed by atoms with van der Waals surface area (Å²) < 4.78 is 19.2. The van der Waals surface area contributed by atoms with Crippen molar-refractivity contribution in [2.45, 2.75) is 30.8 Å². The molecule has 3 rings (SSSR count). The quantitative estimate of drug-likeness (QED) is 0.859. The van der Waals surface area contributed by atoms with Crippen LogP contribution < -0.4 is 5.32 Å². The average molecular weight is 350 g/mol. The van der Waals surface area contributed by atoms with Gasteiger partial charge < -0.3 is 20.1 Å². The molecule has 0 aliphatic carbocycles. The second-order valence-electron chi connectivity index (χ2n) is 7.35. The van der Waals surface area contributed by atoms with Crippen LogP contribution in [0.3, 0.4) is 0 Å². The van der Waals surface area contributed by atoms with Gasteiger partial charge in [-0.05, 0) is 44.0 Å². The molecule has 0 aromatic heterocycles. The largest absolute Gasteiger partial charge is 0.392 e. The molecule has 1 aromatic carbocycles. The van der Waals surface area contributed by atoms with Crippen molar-refractivity contribution < 1.29 is 19.0 Å². The Morgan fingerprint density at radius 3 is 2.92 bits per heavy atom. The third-order valence-corrected chi connectivity index (χ3v) is 5.60. The lowest BCUT2D eigenvalue weighted by atomic mass is 9.74. The molecule has 2 saturated heterocycles. The number of amides is 1. The van der Waals surface area contributed by atoms with Crippen LogP contribution in [0.5, 0.6) is 0 Å². The first-order chi connectivity index (χ1) is 12.0. The smallest absolute Gasteiger partial charge is 0.227 e. The van der Waals surface area contributed by atoms with Crippen molar-refractivity contribution in [1.29, 1.82) is 0 Å². The van der Waals surface area contributed by atoms with Gasteiger partial charge >= 0.3 is 0 Å². The molecule has 2 atom stereocenters. The topological polar surface area (TPSA) is 61.8 Å². The lowest BCUT2D eigenvalue weighted by molar-refractivity contribution is -0.131. The zero-order valence-corrected chi connectivity index (χ0v) is 14.7. The van der Waals surface area contributed by atoms with Crippen LogP contribution in [-0.2, 0) is 14.9 Å². The van der Waals surface area contributed by atoms with E-state index in [-0.39, 0.29) is 17.1 Å². The number of likely N-dealkylation sites (tertiary alicyclic amines) is 1. The first kappa shape index (κ1) is 18.3. The Kier molecular flexibility index (Phi) is 5.71. The van der Waals surface area contributed by atoms with E-state index in [1.807, 2.05) is 13.1 Å². The summed E-state index contributed by atoms with van der Waals surface area (Å²) >= 11 is 0. The van der Waals surface area contributed by atoms with Gasteiger partial charge in [0.25, 0.3) is 0 Å². The molecular formula is C19H27FN2O3. The predicted octanol–water partition coefficient (Wildman–Crippen LogP) is 1.30. The fraction of sp³-hybridized carbons (Fsp3) is 0.632. The average Bonchev–Trinajstić information content (AvgIpc) is 2.62. The zero-order chi connectivity index (χ0) is 17.9. The van der Waals surface area contributed by atoms with Gasteiger partial charge in [0.15, 0.2) is 0 Å². The number of aliphatic hydroxyl groups is 1. The summed E-state index contributed by atoms with van der Waals surface area (Å²) in [6.07, 6.45) is 1.49. The first-order valence-corrected chi connectivity index (χ1v) is 8.98. The Morgan fingerprint density at radius 1 is 1.44 bits per heavy atom. The number of nitrogens with one attached hydrogen (secondary N) is 1. The van der Waals surface area contributed by atoms with Crippen LogP contribution in [0.1, 0.15) is 24.8 Å². The minimum atomic E-state index is -0.601. The molecule has 2 heterocycles.